The highest BCUT2D eigenvalue weighted by atomic mass is 32.1. The minimum Gasteiger partial charge on any atom is -0.393 e. The number of carbonyl (C=O) groups excluding carboxylic acids is 1. The molecule has 1 N–H and O–H groups in total. The van der Waals surface area contributed by atoms with E-state index in [1.807, 2.05) is 0 Å². The first kappa shape index (κ1) is 14.2. The lowest BCUT2D eigenvalue weighted by atomic mass is 10.1. The van der Waals surface area contributed by atoms with E-state index in [0.29, 0.717) is 36.4 Å². The minimum absolute atomic E-state index is 0.0329. The van der Waals surface area contributed by atoms with Crippen LogP contribution in [0, 0.1) is 5.82 Å². The van der Waals surface area contributed by atoms with Gasteiger partial charge in [-0.2, -0.15) is 0 Å². The second kappa shape index (κ2) is 5.95. The maximum absolute atomic E-state index is 13.8. The van der Waals surface area contributed by atoms with Crippen molar-refractivity contribution in [2.24, 2.45) is 0 Å². The molecule has 0 aliphatic carbocycles. The number of thiophene rings is 1. The number of hydrogen-bond donors (Lipinski definition) is 1. The number of nitrogens with zero attached hydrogens (tertiary/aromatic N) is 1. The van der Waals surface area contributed by atoms with Crippen molar-refractivity contribution >= 4 is 17.2 Å². The van der Waals surface area contributed by atoms with Crippen LogP contribution in [-0.2, 0) is 0 Å². The van der Waals surface area contributed by atoms with E-state index < -0.39 is 0 Å². The largest absolute Gasteiger partial charge is 0.393 e. The summed E-state index contributed by atoms with van der Waals surface area (Å²) in [6.07, 6.45) is 0.945. The Morgan fingerprint density at radius 2 is 1.90 bits per heavy atom. The van der Waals surface area contributed by atoms with Gasteiger partial charge in [-0.3, -0.25) is 4.79 Å². The number of aliphatic hydroxyl groups is 1. The normalized spacial score (nSPS) is 16.2. The molecule has 5 heteroatoms. The zero-order chi connectivity index (χ0) is 14.8. The van der Waals surface area contributed by atoms with Gasteiger partial charge in [0.05, 0.1) is 11.0 Å². The van der Waals surface area contributed by atoms with Gasteiger partial charge in [-0.1, -0.05) is 18.2 Å². The lowest BCUT2D eigenvalue weighted by Crippen LogP contribution is -2.39. The SMILES string of the molecule is O=C(c1ccc(-c2ccccc2F)s1)N1CCC(O)CC1. The molecule has 1 aromatic carbocycles. The van der Waals surface area contributed by atoms with Gasteiger partial charge in [-0.15, -0.1) is 11.3 Å². The molecular formula is C16H16FNO2S. The van der Waals surface area contributed by atoms with Gasteiger partial charge in [-0.25, -0.2) is 4.39 Å². The molecule has 0 radical (unpaired) electrons. The molecule has 0 unspecified atom stereocenters. The van der Waals surface area contributed by atoms with Gasteiger partial charge in [0.1, 0.15) is 5.82 Å². The van der Waals surface area contributed by atoms with Gasteiger partial charge in [0, 0.05) is 23.5 Å². The van der Waals surface area contributed by atoms with Crippen molar-refractivity contribution in [3.63, 3.8) is 0 Å². The average molecular weight is 305 g/mol. The minimum atomic E-state index is -0.300. The molecular weight excluding hydrogens is 289 g/mol. The number of benzene rings is 1. The Morgan fingerprint density at radius 3 is 2.62 bits per heavy atom. The molecule has 0 saturated carbocycles. The Kier molecular flexibility index (Phi) is 4.03. The summed E-state index contributed by atoms with van der Waals surface area (Å²) in [5.74, 6) is -0.311. The van der Waals surface area contributed by atoms with Crippen LogP contribution in [0.2, 0.25) is 0 Å². The van der Waals surface area contributed by atoms with Crippen LogP contribution in [-0.4, -0.2) is 35.1 Å². The van der Waals surface area contributed by atoms with Gasteiger partial charge in [0.2, 0.25) is 0 Å². The first-order chi connectivity index (χ1) is 10.1. The first-order valence-corrected chi connectivity index (χ1v) is 7.79. The van der Waals surface area contributed by atoms with Gasteiger partial charge in [-0.05, 0) is 31.0 Å². The van der Waals surface area contributed by atoms with E-state index in [1.54, 1.807) is 35.2 Å². The summed E-state index contributed by atoms with van der Waals surface area (Å²) in [6.45, 7) is 1.15. The Hall–Kier alpha value is -1.72. The number of piperidine rings is 1. The number of rotatable bonds is 2. The number of halogens is 1. The highest BCUT2D eigenvalue weighted by Gasteiger charge is 2.23. The van der Waals surface area contributed by atoms with E-state index in [2.05, 4.69) is 0 Å². The van der Waals surface area contributed by atoms with Crippen molar-refractivity contribution in [1.82, 2.24) is 4.90 Å². The van der Waals surface area contributed by atoms with Gasteiger partial charge in [0.25, 0.3) is 5.91 Å². The molecule has 1 aliphatic heterocycles. The first-order valence-electron chi connectivity index (χ1n) is 6.97. The Morgan fingerprint density at radius 1 is 1.19 bits per heavy atom. The quantitative estimate of drug-likeness (QED) is 0.926. The second-order valence-corrected chi connectivity index (χ2v) is 6.25. The maximum atomic E-state index is 13.8. The molecule has 1 amide bonds. The van der Waals surface area contributed by atoms with Crippen molar-refractivity contribution in [2.45, 2.75) is 18.9 Å². The van der Waals surface area contributed by atoms with E-state index in [-0.39, 0.29) is 17.8 Å². The monoisotopic (exact) mass is 305 g/mol. The zero-order valence-corrected chi connectivity index (χ0v) is 12.3. The Bertz CT molecular complexity index is 647. The maximum Gasteiger partial charge on any atom is 0.263 e. The van der Waals surface area contributed by atoms with Gasteiger partial charge in [0.15, 0.2) is 0 Å². The summed E-state index contributed by atoms with van der Waals surface area (Å²) in [5.41, 5.74) is 0.524. The van der Waals surface area contributed by atoms with E-state index in [4.69, 9.17) is 0 Å². The van der Waals surface area contributed by atoms with Crippen molar-refractivity contribution in [3.8, 4) is 10.4 Å². The van der Waals surface area contributed by atoms with E-state index >= 15 is 0 Å². The summed E-state index contributed by atoms with van der Waals surface area (Å²) in [7, 11) is 0. The Balaban J connectivity index is 1.79. The van der Waals surface area contributed by atoms with Crippen LogP contribution >= 0.6 is 11.3 Å². The molecule has 1 saturated heterocycles. The van der Waals surface area contributed by atoms with Crippen molar-refractivity contribution < 1.29 is 14.3 Å². The number of carbonyl (C=O) groups is 1. The third-order valence-corrected chi connectivity index (χ3v) is 4.81. The molecule has 3 nitrogen and oxygen atoms in total. The van der Waals surface area contributed by atoms with Crippen LogP contribution in [0.5, 0.6) is 0 Å². The Labute approximate surface area is 126 Å². The third-order valence-electron chi connectivity index (χ3n) is 3.71. The number of amides is 1. The van der Waals surface area contributed by atoms with Crippen LogP contribution in [0.15, 0.2) is 36.4 Å². The molecule has 21 heavy (non-hydrogen) atoms. The number of hydrogen-bond acceptors (Lipinski definition) is 3. The molecule has 1 fully saturated rings. The predicted octanol–water partition coefficient (Wildman–Crippen LogP) is 3.15. The second-order valence-electron chi connectivity index (χ2n) is 5.17. The lowest BCUT2D eigenvalue weighted by molar-refractivity contribution is 0.0550. The fourth-order valence-corrected chi connectivity index (χ4v) is 3.48. The summed E-state index contributed by atoms with van der Waals surface area (Å²) >= 11 is 1.31. The lowest BCUT2D eigenvalue weighted by Gasteiger charge is -2.29. The highest BCUT2D eigenvalue weighted by molar-refractivity contribution is 7.17. The van der Waals surface area contributed by atoms with Crippen LogP contribution in [0.3, 0.4) is 0 Å². The summed E-state index contributed by atoms with van der Waals surface area (Å²) in [5, 5.41) is 9.49. The molecule has 0 spiro atoms. The molecule has 0 atom stereocenters. The van der Waals surface area contributed by atoms with Gasteiger partial charge >= 0.3 is 0 Å². The molecule has 2 heterocycles. The number of aliphatic hydroxyl groups excluding tert-OH is 1. The van der Waals surface area contributed by atoms with Crippen molar-refractivity contribution in [1.29, 1.82) is 0 Å². The molecule has 1 aliphatic rings. The zero-order valence-electron chi connectivity index (χ0n) is 11.5. The van der Waals surface area contributed by atoms with Crippen molar-refractivity contribution in [2.75, 3.05) is 13.1 Å². The van der Waals surface area contributed by atoms with Crippen LogP contribution in [0.4, 0.5) is 4.39 Å². The van der Waals surface area contributed by atoms with E-state index in [0.717, 1.165) is 4.88 Å². The van der Waals surface area contributed by atoms with Gasteiger partial charge < -0.3 is 10.0 Å². The predicted molar refractivity (Wildman–Crippen MR) is 80.9 cm³/mol. The molecule has 110 valence electrons. The van der Waals surface area contributed by atoms with Crippen LogP contribution in [0.1, 0.15) is 22.5 Å². The summed E-state index contributed by atoms with van der Waals surface area (Å²) in [4.78, 5) is 15.5. The fraction of sp³-hybridized carbons (Fsp3) is 0.312. The topological polar surface area (TPSA) is 40.5 Å². The smallest absolute Gasteiger partial charge is 0.263 e. The van der Waals surface area contributed by atoms with Crippen LogP contribution < -0.4 is 0 Å². The summed E-state index contributed by atoms with van der Waals surface area (Å²) < 4.78 is 13.8. The molecule has 2 aromatic rings. The summed E-state index contributed by atoms with van der Waals surface area (Å²) in [6, 6.07) is 10.1. The number of likely N-dealkylation sites (tertiary alicyclic amines) is 1. The van der Waals surface area contributed by atoms with Crippen molar-refractivity contribution in [3.05, 3.63) is 47.1 Å². The van der Waals surface area contributed by atoms with E-state index in [1.165, 1.54) is 17.4 Å². The standard InChI is InChI=1S/C16H16FNO2S/c17-13-4-2-1-3-12(13)14-5-6-15(21-14)16(20)18-9-7-11(19)8-10-18/h1-6,11,19H,7-10H2. The molecule has 0 bridgehead atoms. The fourth-order valence-electron chi connectivity index (χ4n) is 2.48. The van der Waals surface area contributed by atoms with Crippen LogP contribution in [0.25, 0.3) is 10.4 Å². The van der Waals surface area contributed by atoms with E-state index in [9.17, 15) is 14.3 Å². The highest BCUT2D eigenvalue weighted by Crippen LogP contribution is 2.31. The molecule has 3 rings (SSSR count). The average Bonchev–Trinajstić information content (AvgIpc) is 2.97. The third kappa shape index (κ3) is 2.99. The molecule has 1 aromatic heterocycles.